The summed E-state index contributed by atoms with van der Waals surface area (Å²) in [5.74, 6) is -0.291. The predicted octanol–water partition coefficient (Wildman–Crippen LogP) is 4.99. The van der Waals surface area contributed by atoms with Crippen molar-refractivity contribution in [3.8, 4) is 0 Å². The van der Waals surface area contributed by atoms with Crippen LogP contribution in [-0.4, -0.2) is 17.7 Å². The molecule has 5 heteroatoms. The highest BCUT2D eigenvalue weighted by Gasteiger charge is 2.49. The van der Waals surface area contributed by atoms with Crippen LogP contribution in [0.2, 0.25) is 0 Å². The first-order chi connectivity index (χ1) is 14.9. The van der Waals surface area contributed by atoms with Gasteiger partial charge in [0.25, 0.3) is 5.91 Å². The molecule has 0 radical (unpaired) electrons. The number of rotatable bonds is 5. The number of fused-ring (bicyclic) bond motifs is 1. The van der Waals surface area contributed by atoms with Crippen LogP contribution in [0.5, 0.6) is 0 Å². The monoisotopic (exact) mass is 418 g/mol. The Kier molecular flexibility index (Phi) is 5.94. The molecule has 0 aromatic heterocycles. The highest BCUT2D eigenvalue weighted by atomic mass is 16.2. The Bertz CT molecular complexity index is 990. The van der Waals surface area contributed by atoms with Gasteiger partial charge in [-0.2, -0.15) is 0 Å². The van der Waals surface area contributed by atoms with Gasteiger partial charge in [0.05, 0.1) is 17.5 Å². The molecule has 2 aliphatic rings. The first-order valence-corrected chi connectivity index (χ1v) is 11.3. The molecule has 3 atom stereocenters. The Balaban J connectivity index is 1.53. The molecule has 1 N–H and O–H groups in total. The SMILES string of the molecule is CCc1cccc(CC)c1NC(=O)c1ccc(N2C(=O)[C@@H]3CC[C@H](C)C[C@H]3C2=O)cc1. The van der Waals surface area contributed by atoms with Crippen LogP contribution in [0.3, 0.4) is 0 Å². The van der Waals surface area contributed by atoms with Crippen molar-refractivity contribution in [3.05, 3.63) is 59.2 Å². The molecular weight excluding hydrogens is 388 g/mol. The van der Waals surface area contributed by atoms with Crippen molar-refractivity contribution < 1.29 is 14.4 Å². The minimum absolute atomic E-state index is 0.0939. The van der Waals surface area contributed by atoms with Crippen molar-refractivity contribution in [2.45, 2.75) is 52.9 Å². The van der Waals surface area contributed by atoms with Crippen LogP contribution in [0.1, 0.15) is 61.5 Å². The van der Waals surface area contributed by atoms with Crippen LogP contribution >= 0.6 is 0 Å². The number of nitrogens with zero attached hydrogens (tertiary/aromatic N) is 1. The zero-order valence-corrected chi connectivity index (χ0v) is 18.5. The Morgan fingerprint density at radius 1 is 0.935 bits per heavy atom. The van der Waals surface area contributed by atoms with Gasteiger partial charge in [0.1, 0.15) is 0 Å². The van der Waals surface area contributed by atoms with Gasteiger partial charge in [-0.3, -0.25) is 19.3 Å². The van der Waals surface area contributed by atoms with Crippen LogP contribution in [0.15, 0.2) is 42.5 Å². The van der Waals surface area contributed by atoms with Crippen LogP contribution in [0, 0.1) is 17.8 Å². The number of carbonyl (C=O) groups is 3. The molecular formula is C26H30N2O3. The smallest absolute Gasteiger partial charge is 0.255 e. The molecule has 31 heavy (non-hydrogen) atoms. The second kappa shape index (κ2) is 8.66. The van der Waals surface area contributed by atoms with Crippen molar-refractivity contribution in [1.82, 2.24) is 0 Å². The number of carbonyl (C=O) groups excluding carboxylic acids is 3. The highest BCUT2D eigenvalue weighted by Crippen LogP contribution is 2.42. The third-order valence-corrected chi connectivity index (χ3v) is 6.81. The van der Waals surface area contributed by atoms with E-state index in [9.17, 15) is 14.4 Å². The van der Waals surface area contributed by atoms with Gasteiger partial charge < -0.3 is 5.32 Å². The van der Waals surface area contributed by atoms with Crippen molar-refractivity contribution >= 4 is 29.1 Å². The summed E-state index contributed by atoms with van der Waals surface area (Å²) in [5, 5.41) is 3.06. The second-order valence-corrected chi connectivity index (χ2v) is 8.80. The van der Waals surface area contributed by atoms with E-state index in [-0.39, 0.29) is 29.6 Å². The third kappa shape index (κ3) is 3.89. The molecule has 2 aromatic carbocycles. The fourth-order valence-corrected chi connectivity index (χ4v) is 4.99. The summed E-state index contributed by atoms with van der Waals surface area (Å²) in [6.45, 7) is 6.29. The van der Waals surface area contributed by atoms with E-state index in [0.717, 1.165) is 48.9 Å². The molecule has 4 rings (SSSR count). The fraction of sp³-hybridized carbons (Fsp3) is 0.423. The molecule has 5 nitrogen and oxygen atoms in total. The summed E-state index contributed by atoms with van der Waals surface area (Å²) in [5.41, 5.74) is 4.15. The lowest BCUT2D eigenvalue weighted by Crippen LogP contribution is -2.30. The minimum atomic E-state index is -0.197. The fourth-order valence-electron chi connectivity index (χ4n) is 4.99. The molecule has 2 aromatic rings. The van der Waals surface area contributed by atoms with E-state index in [0.29, 0.717) is 17.2 Å². The largest absolute Gasteiger partial charge is 0.321 e. The predicted molar refractivity (Wildman–Crippen MR) is 122 cm³/mol. The molecule has 1 saturated carbocycles. The average Bonchev–Trinajstić information content (AvgIpc) is 3.03. The van der Waals surface area contributed by atoms with Crippen LogP contribution in [0.25, 0.3) is 0 Å². The molecule has 1 aliphatic carbocycles. The van der Waals surface area contributed by atoms with Gasteiger partial charge in [-0.1, -0.05) is 39.0 Å². The van der Waals surface area contributed by atoms with Gasteiger partial charge in [-0.25, -0.2) is 0 Å². The lowest BCUT2D eigenvalue weighted by molar-refractivity contribution is -0.122. The summed E-state index contributed by atoms with van der Waals surface area (Å²) >= 11 is 0. The number of hydrogen-bond acceptors (Lipinski definition) is 3. The summed E-state index contributed by atoms with van der Waals surface area (Å²) in [6.07, 6.45) is 4.23. The second-order valence-electron chi connectivity index (χ2n) is 8.80. The van der Waals surface area contributed by atoms with Crippen molar-refractivity contribution in [2.75, 3.05) is 10.2 Å². The zero-order valence-electron chi connectivity index (χ0n) is 18.5. The van der Waals surface area contributed by atoms with Gasteiger partial charge in [-0.15, -0.1) is 0 Å². The Morgan fingerprint density at radius 3 is 2.16 bits per heavy atom. The molecule has 162 valence electrons. The topological polar surface area (TPSA) is 66.5 Å². The number of anilines is 2. The summed E-state index contributed by atoms with van der Waals surface area (Å²) in [7, 11) is 0. The zero-order chi connectivity index (χ0) is 22.1. The van der Waals surface area contributed by atoms with E-state index in [4.69, 9.17) is 0 Å². The molecule has 0 unspecified atom stereocenters. The Morgan fingerprint density at radius 2 is 1.55 bits per heavy atom. The first-order valence-electron chi connectivity index (χ1n) is 11.3. The van der Waals surface area contributed by atoms with Gasteiger partial charge >= 0.3 is 0 Å². The number of para-hydroxylation sites is 1. The third-order valence-electron chi connectivity index (χ3n) is 6.81. The van der Waals surface area contributed by atoms with Crippen LogP contribution in [0.4, 0.5) is 11.4 Å². The number of hydrogen-bond donors (Lipinski definition) is 1. The summed E-state index contributed by atoms with van der Waals surface area (Å²) in [6, 6.07) is 12.9. The lowest BCUT2D eigenvalue weighted by atomic mass is 9.76. The number of amides is 3. The molecule has 0 bridgehead atoms. The highest BCUT2D eigenvalue weighted by molar-refractivity contribution is 6.22. The van der Waals surface area contributed by atoms with Gasteiger partial charge in [0.2, 0.25) is 11.8 Å². The average molecular weight is 419 g/mol. The number of benzene rings is 2. The lowest BCUT2D eigenvalue weighted by Gasteiger charge is -2.25. The van der Waals surface area contributed by atoms with Crippen molar-refractivity contribution in [1.29, 1.82) is 0 Å². The molecule has 2 fully saturated rings. The van der Waals surface area contributed by atoms with Gasteiger partial charge in [0.15, 0.2) is 0 Å². The van der Waals surface area contributed by atoms with E-state index in [2.05, 4.69) is 26.1 Å². The molecule has 1 aliphatic heterocycles. The quantitative estimate of drug-likeness (QED) is 0.696. The number of imide groups is 1. The van der Waals surface area contributed by atoms with Crippen LogP contribution < -0.4 is 10.2 Å². The summed E-state index contributed by atoms with van der Waals surface area (Å²) < 4.78 is 0. The number of nitrogens with one attached hydrogen (secondary N) is 1. The van der Waals surface area contributed by atoms with Gasteiger partial charge in [0, 0.05) is 11.3 Å². The molecule has 3 amide bonds. The van der Waals surface area contributed by atoms with E-state index >= 15 is 0 Å². The first kappa shape index (κ1) is 21.3. The maximum Gasteiger partial charge on any atom is 0.255 e. The van der Waals surface area contributed by atoms with Crippen molar-refractivity contribution in [3.63, 3.8) is 0 Å². The van der Waals surface area contributed by atoms with Gasteiger partial charge in [-0.05, 0) is 73.4 Å². The minimum Gasteiger partial charge on any atom is -0.321 e. The van der Waals surface area contributed by atoms with Crippen molar-refractivity contribution in [2.24, 2.45) is 17.8 Å². The van der Waals surface area contributed by atoms with E-state index in [1.165, 1.54) is 4.90 Å². The molecule has 0 spiro atoms. The standard InChI is InChI=1S/C26H30N2O3/c1-4-17-7-6-8-18(5-2)23(17)27-24(29)19-10-12-20(13-11-19)28-25(30)21-14-9-16(3)15-22(21)26(28)31/h6-8,10-13,16,21-22H,4-5,9,14-15H2,1-3H3,(H,27,29)/t16-,21+,22+/m0/s1. The molecule has 1 heterocycles. The summed E-state index contributed by atoms with van der Waals surface area (Å²) in [4.78, 5) is 40.0. The van der Waals surface area contributed by atoms with E-state index < -0.39 is 0 Å². The normalized spacial score (nSPS) is 23.1. The number of aryl methyl sites for hydroxylation is 2. The Labute approximate surface area is 183 Å². The maximum absolute atomic E-state index is 12.9. The maximum atomic E-state index is 12.9. The Hall–Kier alpha value is -2.95. The van der Waals surface area contributed by atoms with Crippen LogP contribution in [-0.2, 0) is 22.4 Å². The van der Waals surface area contributed by atoms with E-state index in [1.807, 2.05) is 18.2 Å². The van der Waals surface area contributed by atoms with E-state index in [1.54, 1.807) is 24.3 Å². The molecule has 1 saturated heterocycles.